The molecule has 0 unspecified atom stereocenters. The lowest BCUT2D eigenvalue weighted by molar-refractivity contribution is -0.116. The van der Waals surface area contributed by atoms with E-state index in [0.717, 1.165) is 23.1 Å². The normalized spacial score (nSPS) is 13.0. The van der Waals surface area contributed by atoms with E-state index >= 15 is 0 Å². The minimum atomic E-state index is -0.297. The molecule has 2 aromatic carbocycles. The Kier molecular flexibility index (Phi) is 5.82. The summed E-state index contributed by atoms with van der Waals surface area (Å²) >= 11 is 1.58. The number of methoxy groups -OCH3 is 3. The molecule has 0 atom stereocenters. The zero-order valence-electron chi connectivity index (χ0n) is 19.1. The molecule has 2 aromatic heterocycles. The number of anilines is 1. The van der Waals surface area contributed by atoms with Gasteiger partial charge in [-0.25, -0.2) is 4.98 Å². The molecule has 34 heavy (non-hydrogen) atoms. The molecule has 1 amide bonds. The number of amides is 1. The summed E-state index contributed by atoms with van der Waals surface area (Å²) in [7, 11) is 4.68. The molecule has 1 aliphatic heterocycles. The summed E-state index contributed by atoms with van der Waals surface area (Å²) in [5.74, 6) is 2.38. The van der Waals surface area contributed by atoms with Crippen molar-refractivity contribution in [3.63, 3.8) is 0 Å². The number of aromatic nitrogens is 3. The van der Waals surface area contributed by atoms with Crippen molar-refractivity contribution in [1.29, 1.82) is 0 Å². The summed E-state index contributed by atoms with van der Waals surface area (Å²) in [6.07, 6.45) is 0.899. The minimum absolute atomic E-state index is 0.0646. The van der Waals surface area contributed by atoms with Crippen LogP contribution in [0.15, 0.2) is 46.3 Å². The van der Waals surface area contributed by atoms with Gasteiger partial charge in [0.1, 0.15) is 34.8 Å². The van der Waals surface area contributed by atoms with E-state index in [-0.39, 0.29) is 18.0 Å². The molecule has 10 heteroatoms. The number of rotatable bonds is 6. The fourth-order valence-corrected chi connectivity index (χ4v) is 5.18. The van der Waals surface area contributed by atoms with Crippen molar-refractivity contribution in [2.45, 2.75) is 24.7 Å². The van der Waals surface area contributed by atoms with Crippen LogP contribution < -0.4 is 25.1 Å². The molecular weight excluding hydrogens is 456 g/mol. The first-order valence-corrected chi connectivity index (χ1v) is 11.8. The largest absolute Gasteiger partial charge is 0.497 e. The summed E-state index contributed by atoms with van der Waals surface area (Å²) in [6, 6.07) is 10.7. The number of hydrogen-bond donors (Lipinski definition) is 1. The van der Waals surface area contributed by atoms with Crippen LogP contribution in [0.4, 0.5) is 5.69 Å². The number of fused-ring (bicyclic) bond motifs is 4. The summed E-state index contributed by atoms with van der Waals surface area (Å²) in [4.78, 5) is 31.5. The van der Waals surface area contributed by atoms with Gasteiger partial charge in [0.05, 0.1) is 32.5 Å². The van der Waals surface area contributed by atoms with Gasteiger partial charge in [-0.1, -0.05) is 11.8 Å². The standard InChI is InChI=1S/C24H24N4O5S/c1-31-14-6-8-18-16(11-14)21-22(23(30)27-9-4-10-34-24(27)26-21)28(18)13-20(29)25-17-7-5-15(32-2)12-19(17)33-3/h5-8,11-12H,4,9-10,13H2,1-3H3,(H,25,29). The average molecular weight is 481 g/mol. The third-order valence-electron chi connectivity index (χ3n) is 5.87. The second kappa shape index (κ2) is 8.94. The molecule has 0 spiro atoms. The van der Waals surface area contributed by atoms with Crippen LogP contribution in [-0.4, -0.2) is 47.1 Å². The van der Waals surface area contributed by atoms with E-state index in [2.05, 4.69) is 5.32 Å². The Balaban J connectivity index is 1.61. The number of hydrogen-bond acceptors (Lipinski definition) is 7. The Labute approximate surface area is 199 Å². The van der Waals surface area contributed by atoms with Crippen LogP contribution >= 0.6 is 11.8 Å². The molecule has 176 valence electrons. The van der Waals surface area contributed by atoms with Crippen molar-refractivity contribution in [2.24, 2.45) is 0 Å². The Hall–Kier alpha value is -3.66. The summed E-state index contributed by atoms with van der Waals surface area (Å²) in [5.41, 5.74) is 2.10. The topological polar surface area (TPSA) is 96.6 Å². The first-order valence-electron chi connectivity index (χ1n) is 10.8. The lowest BCUT2D eigenvalue weighted by atomic mass is 10.2. The van der Waals surface area contributed by atoms with E-state index in [1.165, 1.54) is 7.11 Å². The van der Waals surface area contributed by atoms with Crippen molar-refractivity contribution in [2.75, 3.05) is 32.4 Å². The molecule has 3 heterocycles. The van der Waals surface area contributed by atoms with Crippen LogP contribution in [0.3, 0.4) is 0 Å². The van der Waals surface area contributed by atoms with Gasteiger partial charge < -0.3 is 24.1 Å². The summed E-state index contributed by atoms with van der Waals surface area (Å²) in [6.45, 7) is 0.551. The molecule has 1 aliphatic rings. The highest BCUT2D eigenvalue weighted by molar-refractivity contribution is 7.99. The van der Waals surface area contributed by atoms with Gasteiger partial charge in [0, 0.05) is 23.8 Å². The Morgan fingerprint density at radius 3 is 2.62 bits per heavy atom. The monoisotopic (exact) mass is 480 g/mol. The maximum absolute atomic E-state index is 13.5. The highest BCUT2D eigenvalue weighted by Gasteiger charge is 2.23. The van der Waals surface area contributed by atoms with Crippen LogP contribution in [0.1, 0.15) is 6.42 Å². The lowest BCUT2D eigenvalue weighted by Crippen LogP contribution is -2.28. The second-order valence-corrected chi connectivity index (χ2v) is 8.90. The number of nitrogens with one attached hydrogen (secondary N) is 1. The van der Waals surface area contributed by atoms with E-state index in [1.54, 1.807) is 53.3 Å². The fourth-order valence-electron chi connectivity index (χ4n) is 4.24. The minimum Gasteiger partial charge on any atom is -0.497 e. The first-order chi connectivity index (χ1) is 16.5. The van der Waals surface area contributed by atoms with E-state index in [0.29, 0.717) is 45.7 Å². The average Bonchev–Trinajstić information content (AvgIpc) is 3.16. The highest BCUT2D eigenvalue weighted by Crippen LogP contribution is 2.33. The molecule has 0 radical (unpaired) electrons. The lowest BCUT2D eigenvalue weighted by Gasteiger charge is -2.17. The second-order valence-electron chi connectivity index (χ2n) is 7.83. The van der Waals surface area contributed by atoms with Crippen LogP contribution in [0.2, 0.25) is 0 Å². The predicted octanol–water partition coefficient (Wildman–Crippen LogP) is 3.51. The van der Waals surface area contributed by atoms with Gasteiger partial charge in [0.2, 0.25) is 5.91 Å². The van der Waals surface area contributed by atoms with E-state index in [4.69, 9.17) is 19.2 Å². The Bertz CT molecular complexity index is 1480. The van der Waals surface area contributed by atoms with Gasteiger partial charge in [-0.15, -0.1) is 0 Å². The van der Waals surface area contributed by atoms with Crippen molar-refractivity contribution in [3.8, 4) is 17.2 Å². The number of ether oxygens (including phenoxy) is 3. The van der Waals surface area contributed by atoms with Gasteiger partial charge in [0.25, 0.3) is 5.56 Å². The first kappa shape index (κ1) is 22.1. The molecule has 0 saturated heterocycles. The summed E-state index contributed by atoms with van der Waals surface area (Å²) < 4.78 is 19.4. The van der Waals surface area contributed by atoms with E-state index < -0.39 is 0 Å². The van der Waals surface area contributed by atoms with Crippen LogP contribution in [0, 0.1) is 0 Å². The fraction of sp³-hybridized carbons (Fsp3) is 0.292. The number of carbonyl (C=O) groups excluding carboxylic acids is 1. The Morgan fingerprint density at radius 2 is 1.85 bits per heavy atom. The molecule has 0 fully saturated rings. The van der Waals surface area contributed by atoms with Gasteiger partial charge in [-0.2, -0.15) is 0 Å². The van der Waals surface area contributed by atoms with Crippen LogP contribution in [-0.2, 0) is 17.9 Å². The van der Waals surface area contributed by atoms with Crippen molar-refractivity contribution >= 4 is 45.3 Å². The van der Waals surface area contributed by atoms with Crippen molar-refractivity contribution in [3.05, 3.63) is 46.8 Å². The molecule has 0 aliphatic carbocycles. The molecular formula is C24H24N4O5S. The zero-order valence-corrected chi connectivity index (χ0v) is 19.9. The van der Waals surface area contributed by atoms with Crippen molar-refractivity contribution in [1.82, 2.24) is 14.1 Å². The third kappa shape index (κ3) is 3.73. The number of carbonyl (C=O) groups is 1. The van der Waals surface area contributed by atoms with Gasteiger partial charge in [0.15, 0.2) is 5.16 Å². The van der Waals surface area contributed by atoms with Gasteiger partial charge in [-0.3, -0.25) is 14.2 Å². The smallest absolute Gasteiger partial charge is 0.278 e. The van der Waals surface area contributed by atoms with Gasteiger partial charge >= 0.3 is 0 Å². The predicted molar refractivity (Wildman–Crippen MR) is 132 cm³/mol. The highest BCUT2D eigenvalue weighted by atomic mass is 32.2. The molecule has 1 N–H and O–H groups in total. The Morgan fingerprint density at radius 1 is 1.09 bits per heavy atom. The number of thioether (sulfide) groups is 1. The maximum Gasteiger partial charge on any atom is 0.278 e. The SMILES string of the molecule is COc1ccc(NC(=O)Cn2c3ccc(OC)cc3c3nc4n(c(=O)c32)CCCS4)c(OC)c1. The molecule has 5 rings (SSSR count). The van der Waals surface area contributed by atoms with Crippen LogP contribution in [0.25, 0.3) is 21.9 Å². The maximum atomic E-state index is 13.5. The molecule has 0 bridgehead atoms. The molecule has 0 saturated carbocycles. The third-order valence-corrected chi connectivity index (χ3v) is 6.93. The van der Waals surface area contributed by atoms with Crippen LogP contribution in [0.5, 0.6) is 17.2 Å². The van der Waals surface area contributed by atoms with E-state index in [9.17, 15) is 9.59 Å². The summed E-state index contributed by atoms with van der Waals surface area (Å²) in [5, 5.41) is 4.37. The van der Waals surface area contributed by atoms with Crippen molar-refractivity contribution < 1.29 is 19.0 Å². The molecule has 9 nitrogen and oxygen atoms in total. The quantitative estimate of drug-likeness (QED) is 0.422. The number of benzene rings is 2. The van der Waals surface area contributed by atoms with Gasteiger partial charge in [-0.05, 0) is 36.8 Å². The molecule has 4 aromatic rings. The van der Waals surface area contributed by atoms with E-state index in [1.807, 2.05) is 18.2 Å². The number of nitrogens with zero attached hydrogens (tertiary/aromatic N) is 3. The zero-order chi connectivity index (χ0) is 23.8.